The number of amides is 1. The van der Waals surface area contributed by atoms with Gasteiger partial charge in [0.1, 0.15) is 5.82 Å². The number of nitrogens with zero attached hydrogens (tertiary/aromatic N) is 2. The monoisotopic (exact) mass is 355 g/mol. The number of hydrogen-bond donors (Lipinski definition) is 1. The van der Waals surface area contributed by atoms with Crippen LogP contribution < -0.4 is 10.1 Å². The Labute approximate surface area is 139 Å². The summed E-state index contributed by atoms with van der Waals surface area (Å²) in [6.45, 7) is 1.86. The highest BCUT2D eigenvalue weighted by atomic mass is 19.4. The molecule has 0 saturated carbocycles. The number of ether oxygens (including phenoxy) is 1. The lowest BCUT2D eigenvalue weighted by Gasteiger charge is -2.09. The molecular formula is C15H12F3N3O4. The van der Waals surface area contributed by atoms with E-state index in [0.717, 1.165) is 18.2 Å². The van der Waals surface area contributed by atoms with Gasteiger partial charge in [0.15, 0.2) is 5.75 Å². The molecule has 0 aliphatic rings. The van der Waals surface area contributed by atoms with E-state index in [2.05, 4.69) is 10.3 Å². The number of hydrogen-bond acceptors (Lipinski definition) is 5. The molecule has 132 valence electrons. The standard InChI is InChI=1S/C15H12F3N3O4/c1-2-25-12-5-3-9(7-11(12)21(23)24)14(22)20-13-6-4-10(8-19-13)15(16,17)18/h3-8H,2H2,1H3,(H,19,20,22). The van der Waals surface area contributed by atoms with Crippen molar-refractivity contribution in [3.8, 4) is 5.75 Å². The predicted molar refractivity (Wildman–Crippen MR) is 81.5 cm³/mol. The van der Waals surface area contributed by atoms with Crippen LogP contribution in [0.3, 0.4) is 0 Å². The Morgan fingerprint density at radius 2 is 2.04 bits per heavy atom. The number of anilines is 1. The number of nitro benzene ring substituents is 1. The average molecular weight is 355 g/mol. The number of nitrogens with one attached hydrogen (secondary N) is 1. The maximum Gasteiger partial charge on any atom is 0.417 e. The van der Waals surface area contributed by atoms with Crippen LogP contribution in [-0.4, -0.2) is 22.4 Å². The van der Waals surface area contributed by atoms with Crippen molar-refractivity contribution in [3.63, 3.8) is 0 Å². The first kappa shape index (κ1) is 18.2. The molecule has 0 unspecified atom stereocenters. The van der Waals surface area contributed by atoms with E-state index in [0.29, 0.717) is 6.20 Å². The van der Waals surface area contributed by atoms with Gasteiger partial charge >= 0.3 is 11.9 Å². The highest BCUT2D eigenvalue weighted by Crippen LogP contribution is 2.30. The van der Waals surface area contributed by atoms with Crippen LogP contribution in [0.5, 0.6) is 5.75 Å². The fourth-order valence-corrected chi connectivity index (χ4v) is 1.90. The number of nitro groups is 1. The van der Waals surface area contributed by atoms with Gasteiger partial charge in [-0.25, -0.2) is 4.98 Å². The molecule has 25 heavy (non-hydrogen) atoms. The fourth-order valence-electron chi connectivity index (χ4n) is 1.90. The molecule has 1 N–H and O–H groups in total. The van der Waals surface area contributed by atoms with Crippen LogP contribution in [0.2, 0.25) is 0 Å². The van der Waals surface area contributed by atoms with E-state index in [1.54, 1.807) is 6.92 Å². The maximum absolute atomic E-state index is 12.5. The summed E-state index contributed by atoms with van der Waals surface area (Å²) in [5.41, 5.74) is -1.41. The zero-order valence-corrected chi connectivity index (χ0v) is 12.8. The highest BCUT2D eigenvalue weighted by Gasteiger charge is 2.30. The second-order valence-electron chi connectivity index (χ2n) is 4.76. The van der Waals surface area contributed by atoms with Crippen molar-refractivity contribution < 1.29 is 27.6 Å². The van der Waals surface area contributed by atoms with E-state index in [9.17, 15) is 28.1 Å². The Balaban J connectivity index is 2.20. The van der Waals surface area contributed by atoms with E-state index < -0.39 is 28.3 Å². The minimum Gasteiger partial charge on any atom is -0.487 e. The van der Waals surface area contributed by atoms with Crippen LogP contribution in [0.4, 0.5) is 24.7 Å². The first-order valence-electron chi connectivity index (χ1n) is 6.98. The lowest BCUT2D eigenvalue weighted by atomic mass is 10.1. The van der Waals surface area contributed by atoms with Crippen LogP contribution in [-0.2, 0) is 6.18 Å². The molecule has 0 fully saturated rings. The van der Waals surface area contributed by atoms with E-state index in [-0.39, 0.29) is 23.7 Å². The largest absolute Gasteiger partial charge is 0.487 e. The zero-order chi connectivity index (χ0) is 18.6. The molecule has 1 heterocycles. The zero-order valence-electron chi connectivity index (χ0n) is 12.8. The summed E-state index contributed by atoms with van der Waals surface area (Å²) in [6, 6.07) is 5.35. The molecule has 10 heteroatoms. The number of aromatic nitrogens is 1. The van der Waals surface area contributed by atoms with Crippen molar-refractivity contribution in [2.45, 2.75) is 13.1 Å². The second-order valence-corrected chi connectivity index (χ2v) is 4.76. The van der Waals surface area contributed by atoms with Gasteiger partial charge in [0.25, 0.3) is 5.91 Å². The molecule has 0 radical (unpaired) electrons. The summed E-state index contributed by atoms with van der Waals surface area (Å²) in [6.07, 6.45) is -3.96. The molecule has 1 amide bonds. The van der Waals surface area contributed by atoms with Crippen molar-refractivity contribution in [2.24, 2.45) is 0 Å². The minimum absolute atomic E-state index is 0.0108. The predicted octanol–water partition coefficient (Wildman–Crippen LogP) is 3.66. The summed E-state index contributed by atoms with van der Waals surface area (Å²) >= 11 is 0. The van der Waals surface area contributed by atoms with Crippen LogP contribution >= 0.6 is 0 Å². The van der Waals surface area contributed by atoms with E-state index >= 15 is 0 Å². The molecule has 1 aromatic carbocycles. The van der Waals surface area contributed by atoms with Crippen molar-refractivity contribution >= 4 is 17.4 Å². The Morgan fingerprint density at radius 3 is 2.56 bits per heavy atom. The first-order valence-corrected chi connectivity index (χ1v) is 6.98. The van der Waals surface area contributed by atoms with Crippen LogP contribution in [0.25, 0.3) is 0 Å². The summed E-state index contributed by atoms with van der Waals surface area (Å²) in [5.74, 6) is -0.857. The normalized spacial score (nSPS) is 11.0. The van der Waals surface area contributed by atoms with Gasteiger partial charge in [-0.2, -0.15) is 13.2 Å². The van der Waals surface area contributed by atoms with E-state index in [1.807, 2.05) is 0 Å². The number of carbonyl (C=O) groups excluding carboxylic acids is 1. The highest BCUT2D eigenvalue weighted by molar-refractivity contribution is 6.04. The van der Waals surface area contributed by atoms with Gasteiger partial charge in [-0.1, -0.05) is 0 Å². The Kier molecular flexibility index (Phi) is 5.20. The van der Waals surface area contributed by atoms with Crippen molar-refractivity contribution in [1.29, 1.82) is 0 Å². The van der Waals surface area contributed by atoms with E-state index in [4.69, 9.17) is 4.74 Å². The third-order valence-corrected chi connectivity index (χ3v) is 3.05. The molecule has 0 spiro atoms. The lowest BCUT2D eigenvalue weighted by Crippen LogP contribution is -2.14. The summed E-state index contributed by atoms with van der Waals surface area (Å²) in [5, 5.41) is 13.3. The van der Waals surface area contributed by atoms with Crippen molar-refractivity contribution in [2.75, 3.05) is 11.9 Å². The Hall–Kier alpha value is -3.17. The molecule has 1 aromatic heterocycles. The van der Waals surface area contributed by atoms with Gasteiger partial charge in [0, 0.05) is 17.8 Å². The van der Waals surface area contributed by atoms with Gasteiger partial charge in [-0.15, -0.1) is 0 Å². The maximum atomic E-state index is 12.5. The Morgan fingerprint density at radius 1 is 1.32 bits per heavy atom. The topological polar surface area (TPSA) is 94.4 Å². The molecular weight excluding hydrogens is 343 g/mol. The van der Waals surface area contributed by atoms with Gasteiger partial charge < -0.3 is 10.1 Å². The number of rotatable bonds is 5. The first-order chi connectivity index (χ1) is 11.7. The molecule has 0 saturated heterocycles. The number of pyridine rings is 1. The van der Waals surface area contributed by atoms with Crippen molar-refractivity contribution in [1.82, 2.24) is 4.98 Å². The van der Waals surface area contributed by atoms with E-state index in [1.165, 1.54) is 12.1 Å². The third kappa shape index (κ3) is 4.43. The van der Waals surface area contributed by atoms with Crippen LogP contribution in [0, 0.1) is 10.1 Å². The molecule has 0 aliphatic carbocycles. The third-order valence-electron chi connectivity index (χ3n) is 3.05. The lowest BCUT2D eigenvalue weighted by molar-refractivity contribution is -0.385. The Bertz CT molecular complexity index is 792. The number of benzene rings is 1. The molecule has 2 rings (SSSR count). The fraction of sp³-hybridized carbons (Fsp3) is 0.200. The summed E-state index contributed by atoms with van der Waals surface area (Å²) in [4.78, 5) is 25.9. The van der Waals surface area contributed by atoms with Gasteiger partial charge in [0.2, 0.25) is 0 Å². The van der Waals surface area contributed by atoms with Crippen LogP contribution in [0.1, 0.15) is 22.8 Å². The number of halogens is 3. The smallest absolute Gasteiger partial charge is 0.417 e. The quantitative estimate of drug-likeness (QED) is 0.652. The molecule has 0 atom stereocenters. The molecule has 0 bridgehead atoms. The summed E-state index contributed by atoms with van der Waals surface area (Å²) < 4.78 is 42.5. The second kappa shape index (κ2) is 7.16. The van der Waals surface area contributed by atoms with Gasteiger partial charge in [-0.05, 0) is 31.2 Å². The SMILES string of the molecule is CCOc1ccc(C(=O)Nc2ccc(C(F)(F)F)cn2)cc1[N+](=O)[O-]. The number of carbonyl (C=O) groups is 1. The molecule has 0 aliphatic heterocycles. The van der Waals surface area contributed by atoms with Crippen molar-refractivity contribution in [3.05, 3.63) is 57.8 Å². The van der Waals surface area contributed by atoms with Crippen LogP contribution in [0.15, 0.2) is 36.5 Å². The minimum atomic E-state index is -4.54. The number of alkyl halides is 3. The average Bonchev–Trinajstić information content (AvgIpc) is 2.55. The van der Waals surface area contributed by atoms with Gasteiger partial charge in [0.05, 0.1) is 17.1 Å². The summed E-state index contributed by atoms with van der Waals surface area (Å²) in [7, 11) is 0. The molecule has 7 nitrogen and oxygen atoms in total. The van der Waals surface area contributed by atoms with Gasteiger partial charge in [-0.3, -0.25) is 14.9 Å². The molecule has 2 aromatic rings.